The predicted octanol–water partition coefficient (Wildman–Crippen LogP) is 3.95. The number of unbranched alkanes of at least 4 members (excludes halogenated alkanes) is 7. The van der Waals surface area contributed by atoms with Crippen LogP contribution in [0, 0.1) is 26.1 Å². The number of nitrogens with one attached hydrogen (secondary N) is 1. The van der Waals surface area contributed by atoms with Gasteiger partial charge in [0.05, 0.1) is 34.0 Å². The number of hydrogen-bond acceptors (Lipinski definition) is 9. The van der Waals surface area contributed by atoms with Gasteiger partial charge in [0.2, 0.25) is 11.8 Å². The van der Waals surface area contributed by atoms with Crippen molar-refractivity contribution in [3.05, 3.63) is 50.6 Å². The van der Waals surface area contributed by atoms with Crippen molar-refractivity contribution in [3.63, 3.8) is 0 Å². The summed E-state index contributed by atoms with van der Waals surface area (Å²) < 4.78 is 0. The van der Waals surface area contributed by atoms with Gasteiger partial charge in [-0.3, -0.25) is 34.7 Å². The quantitative estimate of drug-likeness (QED) is 0.122. The van der Waals surface area contributed by atoms with E-state index in [0.29, 0.717) is 6.42 Å². The van der Waals surface area contributed by atoms with Crippen molar-refractivity contribution >= 4 is 28.9 Å². The number of non-ortho nitro benzene ring substituents is 1. The van der Waals surface area contributed by atoms with Crippen LogP contribution < -0.4 is 5.43 Å². The summed E-state index contributed by atoms with van der Waals surface area (Å²) in [5, 5.41) is 35.2. The molecular weight excluding hydrogens is 482 g/mol. The van der Waals surface area contributed by atoms with Crippen LogP contribution in [0.4, 0.5) is 17.1 Å². The molecule has 1 aromatic carbocycles. The van der Waals surface area contributed by atoms with E-state index in [1.165, 1.54) is 43.8 Å². The number of aliphatic hydroxyl groups excluding tert-OH is 1. The van der Waals surface area contributed by atoms with Crippen LogP contribution in [0.5, 0.6) is 0 Å². The van der Waals surface area contributed by atoms with Crippen LogP contribution in [-0.4, -0.2) is 61.9 Å². The molecule has 0 spiro atoms. The molecule has 1 saturated heterocycles. The molecule has 3 rings (SSSR count). The van der Waals surface area contributed by atoms with Crippen LogP contribution in [0.3, 0.4) is 0 Å². The number of rotatable bonds is 14. The standard InChI is InChI=1S/C25H35N5O7/c1-3-4-5-6-7-8-9-10-11-22(31)20-15-13-18-23(25(33)27(2)24(18)32)28(20)26-19-14-12-17(29(34)35)16-21(19)30(36)37/h12-16,18,20,22-23,26,31H,3-11H2,1-2H3. The predicted molar refractivity (Wildman–Crippen MR) is 136 cm³/mol. The SMILES string of the molecule is CCCCCCCCCCC(O)C1C=CC2C(=O)N(C)C(=O)C2N1Nc1ccc([N+](=O)[O-])cc1[N+](=O)[O-]. The third-order valence-corrected chi connectivity index (χ3v) is 7.06. The number of likely N-dealkylation sites (N-methyl/N-ethyl adjacent to an activating group) is 1. The first-order chi connectivity index (χ1) is 17.7. The largest absolute Gasteiger partial charge is 0.391 e. The lowest BCUT2D eigenvalue weighted by Gasteiger charge is -2.40. The van der Waals surface area contributed by atoms with Gasteiger partial charge in [-0.2, -0.15) is 0 Å². The lowest BCUT2D eigenvalue weighted by Crippen LogP contribution is -2.57. The average Bonchev–Trinajstić information content (AvgIpc) is 3.09. The zero-order valence-corrected chi connectivity index (χ0v) is 21.2. The molecule has 0 saturated carbocycles. The van der Waals surface area contributed by atoms with Gasteiger partial charge in [0, 0.05) is 13.1 Å². The molecule has 12 heteroatoms. The normalized spacial score (nSPS) is 22.2. The summed E-state index contributed by atoms with van der Waals surface area (Å²) >= 11 is 0. The van der Waals surface area contributed by atoms with Crippen molar-refractivity contribution in [1.82, 2.24) is 9.91 Å². The minimum atomic E-state index is -1.02. The lowest BCUT2D eigenvalue weighted by molar-refractivity contribution is -0.393. The summed E-state index contributed by atoms with van der Waals surface area (Å²) in [4.78, 5) is 47.9. The van der Waals surface area contributed by atoms with E-state index in [4.69, 9.17) is 0 Å². The van der Waals surface area contributed by atoms with Crippen LogP contribution >= 0.6 is 0 Å². The highest BCUT2D eigenvalue weighted by molar-refractivity contribution is 6.08. The van der Waals surface area contributed by atoms with Gasteiger partial charge >= 0.3 is 5.69 Å². The number of amides is 2. The van der Waals surface area contributed by atoms with E-state index in [-0.39, 0.29) is 5.69 Å². The van der Waals surface area contributed by atoms with Gasteiger partial charge < -0.3 is 10.5 Å². The molecule has 0 bridgehead atoms. The first-order valence-corrected chi connectivity index (χ1v) is 12.8. The van der Waals surface area contributed by atoms with E-state index in [9.17, 15) is 34.9 Å². The second-order valence-electron chi connectivity index (χ2n) is 9.65. The molecule has 4 atom stereocenters. The Kier molecular flexibility index (Phi) is 9.70. The zero-order valence-electron chi connectivity index (χ0n) is 21.2. The number of nitrogens with zero attached hydrogens (tertiary/aromatic N) is 4. The number of benzene rings is 1. The van der Waals surface area contributed by atoms with E-state index >= 15 is 0 Å². The minimum absolute atomic E-state index is 0.0799. The lowest BCUT2D eigenvalue weighted by atomic mass is 9.91. The Labute approximate surface area is 215 Å². The second kappa shape index (κ2) is 12.7. The molecule has 37 heavy (non-hydrogen) atoms. The van der Waals surface area contributed by atoms with Crippen molar-refractivity contribution in [3.8, 4) is 0 Å². The number of likely N-dealkylation sites (tertiary alicyclic amines) is 1. The molecular formula is C25H35N5O7. The number of imide groups is 1. The molecule has 12 nitrogen and oxygen atoms in total. The summed E-state index contributed by atoms with van der Waals surface area (Å²) in [7, 11) is 1.37. The number of hydrazine groups is 1. The number of nitro groups is 2. The van der Waals surface area contributed by atoms with E-state index in [1.807, 2.05) is 0 Å². The van der Waals surface area contributed by atoms with Crippen LogP contribution in [0.15, 0.2) is 30.4 Å². The molecule has 2 heterocycles. The molecule has 2 aliphatic heterocycles. The van der Waals surface area contributed by atoms with E-state index in [0.717, 1.165) is 42.7 Å². The maximum Gasteiger partial charge on any atom is 0.300 e. The highest BCUT2D eigenvalue weighted by Gasteiger charge is 2.52. The summed E-state index contributed by atoms with van der Waals surface area (Å²) in [6.45, 7) is 2.17. The number of carbonyl (C=O) groups is 2. The molecule has 2 aliphatic rings. The molecule has 4 unspecified atom stereocenters. The number of nitro benzene ring substituents is 2. The monoisotopic (exact) mass is 517 g/mol. The first-order valence-electron chi connectivity index (χ1n) is 12.8. The average molecular weight is 518 g/mol. The summed E-state index contributed by atoms with van der Waals surface area (Å²) in [6, 6.07) is 1.38. The third-order valence-electron chi connectivity index (χ3n) is 7.06. The molecule has 2 N–H and O–H groups in total. The Bertz CT molecular complexity index is 1050. The Morgan fingerprint density at radius 3 is 2.24 bits per heavy atom. The molecule has 0 aliphatic carbocycles. The smallest absolute Gasteiger partial charge is 0.300 e. The molecule has 0 aromatic heterocycles. The van der Waals surface area contributed by atoms with Crippen LogP contribution in [0.2, 0.25) is 0 Å². The minimum Gasteiger partial charge on any atom is -0.391 e. The molecule has 2 amide bonds. The summed E-state index contributed by atoms with van der Waals surface area (Å²) in [5.41, 5.74) is 1.77. The molecule has 202 valence electrons. The molecule has 1 fully saturated rings. The van der Waals surface area contributed by atoms with Crippen LogP contribution in [-0.2, 0) is 9.59 Å². The maximum atomic E-state index is 13.0. The summed E-state index contributed by atoms with van der Waals surface area (Å²) in [5.74, 6) is -1.72. The Morgan fingerprint density at radius 2 is 1.62 bits per heavy atom. The van der Waals surface area contributed by atoms with Gasteiger partial charge in [-0.1, -0.05) is 70.4 Å². The maximum absolute atomic E-state index is 13.0. The van der Waals surface area contributed by atoms with E-state index in [2.05, 4.69) is 12.3 Å². The van der Waals surface area contributed by atoms with Crippen molar-refractivity contribution in [2.45, 2.75) is 82.9 Å². The number of aliphatic hydroxyl groups is 1. The number of fused-ring (bicyclic) bond motifs is 1. The fourth-order valence-electron chi connectivity index (χ4n) is 4.94. The second-order valence-corrected chi connectivity index (χ2v) is 9.65. The van der Waals surface area contributed by atoms with Gasteiger partial charge in [-0.15, -0.1) is 0 Å². The summed E-state index contributed by atoms with van der Waals surface area (Å²) in [6.07, 6.45) is 11.6. The van der Waals surface area contributed by atoms with Crippen LogP contribution in [0.1, 0.15) is 64.7 Å². The van der Waals surface area contributed by atoms with Crippen molar-refractivity contribution in [2.75, 3.05) is 12.5 Å². The fraction of sp³-hybridized carbons (Fsp3) is 0.600. The van der Waals surface area contributed by atoms with Crippen molar-refractivity contribution in [2.24, 2.45) is 5.92 Å². The molecule has 1 aromatic rings. The number of carbonyl (C=O) groups excluding carboxylic acids is 2. The van der Waals surface area contributed by atoms with Gasteiger partial charge in [0.25, 0.3) is 5.69 Å². The van der Waals surface area contributed by atoms with E-state index in [1.54, 1.807) is 12.2 Å². The van der Waals surface area contributed by atoms with Gasteiger partial charge in [-0.25, -0.2) is 5.01 Å². The van der Waals surface area contributed by atoms with Crippen LogP contribution in [0.25, 0.3) is 0 Å². The number of hydrogen-bond donors (Lipinski definition) is 2. The first kappa shape index (κ1) is 28.2. The number of anilines is 1. The molecule has 0 radical (unpaired) electrons. The third kappa shape index (κ3) is 6.50. The Morgan fingerprint density at radius 1 is 0.973 bits per heavy atom. The van der Waals surface area contributed by atoms with Gasteiger partial charge in [0.15, 0.2) is 0 Å². The highest BCUT2D eigenvalue weighted by Crippen LogP contribution is 2.36. The highest BCUT2D eigenvalue weighted by atomic mass is 16.6. The zero-order chi connectivity index (χ0) is 27.1. The van der Waals surface area contributed by atoms with Crippen molar-refractivity contribution < 1.29 is 24.5 Å². The topological polar surface area (TPSA) is 159 Å². The Hall–Kier alpha value is -3.38. The fourth-order valence-corrected chi connectivity index (χ4v) is 4.94. The van der Waals surface area contributed by atoms with Gasteiger partial charge in [-0.05, 0) is 12.5 Å². The Balaban J connectivity index is 1.78. The van der Waals surface area contributed by atoms with E-state index < -0.39 is 57.1 Å². The van der Waals surface area contributed by atoms with Crippen molar-refractivity contribution in [1.29, 1.82) is 0 Å². The van der Waals surface area contributed by atoms with Gasteiger partial charge in [0.1, 0.15) is 11.7 Å².